The van der Waals surface area contributed by atoms with E-state index in [2.05, 4.69) is 13.8 Å². The van der Waals surface area contributed by atoms with Crippen molar-refractivity contribution in [2.75, 3.05) is 12.0 Å². The maximum atomic E-state index is 13.6. The van der Waals surface area contributed by atoms with E-state index in [4.69, 9.17) is 27.9 Å². The zero-order valence-corrected chi connectivity index (χ0v) is 19.6. The Balaban J connectivity index is 1.97. The number of ketones is 1. The van der Waals surface area contributed by atoms with Crippen molar-refractivity contribution in [1.82, 2.24) is 0 Å². The lowest BCUT2D eigenvalue weighted by molar-refractivity contribution is -0.121. The number of aryl methyl sites for hydroxylation is 1. The van der Waals surface area contributed by atoms with Crippen molar-refractivity contribution >= 4 is 40.6 Å². The normalized spacial score (nSPS) is 20.7. The molecule has 6 heteroatoms. The van der Waals surface area contributed by atoms with Crippen LogP contribution in [0.5, 0.6) is 5.75 Å². The largest absolute Gasteiger partial charge is 0.495 e. The predicted molar refractivity (Wildman–Crippen MR) is 124 cm³/mol. The van der Waals surface area contributed by atoms with Gasteiger partial charge in [-0.2, -0.15) is 0 Å². The summed E-state index contributed by atoms with van der Waals surface area (Å²) < 4.78 is 5.56. The molecule has 1 amide bonds. The first-order valence-electron chi connectivity index (χ1n) is 10.3. The van der Waals surface area contributed by atoms with Crippen LogP contribution in [0.15, 0.2) is 47.7 Å². The van der Waals surface area contributed by atoms with Gasteiger partial charge in [-0.15, -0.1) is 0 Å². The van der Waals surface area contributed by atoms with Crippen LogP contribution >= 0.6 is 23.2 Å². The number of carbonyl (C=O) groups excluding carboxylic acids is 2. The van der Waals surface area contributed by atoms with Gasteiger partial charge in [0.05, 0.1) is 12.8 Å². The molecule has 31 heavy (non-hydrogen) atoms. The Morgan fingerprint density at radius 3 is 2.45 bits per heavy atom. The molecule has 0 saturated heterocycles. The first-order valence-corrected chi connectivity index (χ1v) is 11.1. The van der Waals surface area contributed by atoms with Crippen LogP contribution in [0.3, 0.4) is 0 Å². The topological polar surface area (TPSA) is 46.6 Å². The molecule has 162 valence electrons. The molecule has 0 saturated carbocycles. The van der Waals surface area contributed by atoms with Gasteiger partial charge >= 0.3 is 0 Å². The van der Waals surface area contributed by atoms with E-state index in [1.165, 1.54) is 0 Å². The third-order valence-corrected chi connectivity index (χ3v) is 6.88. The van der Waals surface area contributed by atoms with Gasteiger partial charge in [0, 0.05) is 46.1 Å². The Kier molecular flexibility index (Phi) is 5.65. The van der Waals surface area contributed by atoms with Crippen molar-refractivity contribution in [3.05, 3.63) is 68.8 Å². The number of carbonyl (C=O) groups is 2. The highest BCUT2D eigenvalue weighted by Crippen LogP contribution is 2.50. The summed E-state index contributed by atoms with van der Waals surface area (Å²) in [4.78, 5) is 28.7. The number of amides is 1. The number of benzene rings is 2. The summed E-state index contributed by atoms with van der Waals surface area (Å²) in [5.41, 5.74) is 3.43. The number of ether oxygens (including phenoxy) is 1. The fourth-order valence-corrected chi connectivity index (χ4v) is 5.13. The van der Waals surface area contributed by atoms with E-state index in [-0.39, 0.29) is 29.4 Å². The predicted octanol–water partition coefficient (Wildman–Crippen LogP) is 6.47. The molecule has 1 aliphatic heterocycles. The van der Waals surface area contributed by atoms with E-state index in [9.17, 15) is 9.59 Å². The molecule has 2 aromatic carbocycles. The molecule has 0 bridgehead atoms. The molecule has 4 nitrogen and oxygen atoms in total. The Morgan fingerprint density at radius 1 is 1.06 bits per heavy atom. The van der Waals surface area contributed by atoms with Gasteiger partial charge in [0.2, 0.25) is 5.91 Å². The number of allylic oxidation sites excluding steroid dienone is 2. The molecule has 2 aliphatic rings. The molecule has 2 aromatic rings. The van der Waals surface area contributed by atoms with Crippen LogP contribution < -0.4 is 9.64 Å². The lowest BCUT2D eigenvalue weighted by atomic mass is 9.69. The minimum atomic E-state index is -0.351. The number of Topliss-reactive ketones (excluding diaryl/α,β-unsaturated/α-hetero) is 1. The summed E-state index contributed by atoms with van der Waals surface area (Å²) in [6, 6.07) is 11.0. The Morgan fingerprint density at radius 2 is 1.77 bits per heavy atom. The second kappa shape index (κ2) is 7.99. The fourth-order valence-electron chi connectivity index (χ4n) is 4.70. The van der Waals surface area contributed by atoms with E-state index in [0.717, 1.165) is 16.8 Å². The Labute approximate surface area is 192 Å². The van der Waals surface area contributed by atoms with Crippen molar-refractivity contribution < 1.29 is 14.3 Å². The molecule has 1 heterocycles. The van der Waals surface area contributed by atoms with E-state index in [0.29, 0.717) is 39.9 Å². The van der Waals surface area contributed by atoms with Crippen molar-refractivity contribution in [1.29, 1.82) is 0 Å². The first-order chi connectivity index (χ1) is 14.6. The number of hydrogen-bond acceptors (Lipinski definition) is 3. The highest BCUT2D eigenvalue weighted by Gasteiger charge is 2.45. The molecule has 1 aliphatic carbocycles. The monoisotopic (exact) mass is 457 g/mol. The lowest BCUT2D eigenvalue weighted by Crippen LogP contribution is -2.44. The molecular formula is C25H25Cl2NO3. The van der Waals surface area contributed by atoms with Gasteiger partial charge in [-0.25, -0.2) is 0 Å². The van der Waals surface area contributed by atoms with Gasteiger partial charge in [-0.05, 0) is 42.0 Å². The van der Waals surface area contributed by atoms with Crippen LogP contribution in [0.2, 0.25) is 10.0 Å². The van der Waals surface area contributed by atoms with Gasteiger partial charge in [-0.3, -0.25) is 14.5 Å². The molecule has 1 unspecified atom stereocenters. The summed E-state index contributed by atoms with van der Waals surface area (Å²) in [5, 5.41) is 1.13. The van der Waals surface area contributed by atoms with Crippen LogP contribution in [0.1, 0.15) is 50.2 Å². The van der Waals surface area contributed by atoms with Crippen LogP contribution in [0.4, 0.5) is 5.69 Å². The second-order valence-electron chi connectivity index (χ2n) is 9.08. The molecule has 0 aromatic heterocycles. The van der Waals surface area contributed by atoms with Crippen molar-refractivity contribution in [2.45, 2.75) is 46.0 Å². The number of halogens is 2. The molecule has 4 rings (SSSR count). The highest BCUT2D eigenvalue weighted by atomic mass is 35.5. The minimum Gasteiger partial charge on any atom is -0.495 e. The van der Waals surface area contributed by atoms with Crippen LogP contribution in [-0.2, 0) is 9.59 Å². The fraction of sp³-hybridized carbons (Fsp3) is 0.360. The first kappa shape index (κ1) is 21.9. The number of nitrogens with zero attached hydrogens (tertiary/aromatic N) is 1. The second-order valence-corrected chi connectivity index (χ2v) is 9.90. The van der Waals surface area contributed by atoms with Gasteiger partial charge < -0.3 is 4.74 Å². The standard InChI is InChI=1S/C25H25Cl2NO3/c1-14-9-19(22(31-4)11-18(14)27)28-20-12-25(2,3)13-21(29)24(20)16(10-23(28)30)15-7-5-6-8-17(15)26/h5-9,11,16H,10,12-13H2,1-4H3. The number of rotatable bonds is 3. The lowest BCUT2D eigenvalue weighted by Gasteiger charge is -2.43. The van der Waals surface area contributed by atoms with Gasteiger partial charge in [-0.1, -0.05) is 55.2 Å². The van der Waals surface area contributed by atoms with Crippen LogP contribution in [0.25, 0.3) is 0 Å². The van der Waals surface area contributed by atoms with E-state index in [1.54, 1.807) is 24.1 Å². The summed E-state index contributed by atoms with van der Waals surface area (Å²) >= 11 is 12.8. The van der Waals surface area contributed by atoms with Crippen molar-refractivity contribution in [3.63, 3.8) is 0 Å². The third kappa shape index (κ3) is 3.88. The molecule has 0 spiro atoms. The smallest absolute Gasteiger partial charge is 0.232 e. The Bertz CT molecular complexity index is 1120. The average Bonchev–Trinajstić information content (AvgIpc) is 2.68. The SMILES string of the molecule is COc1cc(Cl)c(C)cc1N1C(=O)CC(c2ccccc2Cl)C2=C1CC(C)(C)CC2=O. The summed E-state index contributed by atoms with van der Waals surface area (Å²) in [6.07, 6.45) is 1.21. The average molecular weight is 458 g/mol. The van der Waals surface area contributed by atoms with Gasteiger partial charge in [0.15, 0.2) is 5.78 Å². The van der Waals surface area contributed by atoms with Crippen molar-refractivity contribution in [2.24, 2.45) is 5.41 Å². The third-order valence-electron chi connectivity index (χ3n) is 6.12. The van der Waals surface area contributed by atoms with E-state index in [1.807, 2.05) is 31.2 Å². The van der Waals surface area contributed by atoms with Crippen LogP contribution in [-0.4, -0.2) is 18.8 Å². The summed E-state index contributed by atoms with van der Waals surface area (Å²) in [5.74, 6) is 0.130. The van der Waals surface area contributed by atoms with Crippen molar-refractivity contribution in [3.8, 4) is 5.75 Å². The zero-order valence-electron chi connectivity index (χ0n) is 18.1. The molecular weight excluding hydrogens is 433 g/mol. The molecule has 0 N–H and O–H groups in total. The quantitative estimate of drug-likeness (QED) is 0.529. The van der Waals surface area contributed by atoms with Gasteiger partial charge in [0.1, 0.15) is 5.75 Å². The zero-order chi connectivity index (χ0) is 22.5. The molecule has 0 radical (unpaired) electrons. The van der Waals surface area contributed by atoms with E-state index < -0.39 is 0 Å². The number of hydrogen-bond donors (Lipinski definition) is 0. The summed E-state index contributed by atoms with van der Waals surface area (Å²) in [7, 11) is 1.55. The summed E-state index contributed by atoms with van der Waals surface area (Å²) in [6.45, 7) is 6.00. The van der Waals surface area contributed by atoms with Gasteiger partial charge in [0.25, 0.3) is 0 Å². The molecule has 1 atom stereocenters. The number of methoxy groups -OCH3 is 1. The maximum absolute atomic E-state index is 13.6. The highest BCUT2D eigenvalue weighted by molar-refractivity contribution is 6.32. The van der Waals surface area contributed by atoms with E-state index >= 15 is 0 Å². The van der Waals surface area contributed by atoms with Crippen LogP contribution in [0, 0.1) is 12.3 Å². The molecule has 0 fully saturated rings. The number of anilines is 1. The minimum absolute atomic E-state index is 0.0679. The maximum Gasteiger partial charge on any atom is 0.232 e. The Hall–Kier alpha value is -2.30.